The molecule has 3 heterocycles. The molecule has 0 spiro atoms. The van der Waals surface area contributed by atoms with Gasteiger partial charge in [-0.1, -0.05) is 12.8 Å². The van der Waals surface area contributed by atoms with Crippen LogP contribution in [0.1, 0.15) is 69.9 Å². The van der Waals surface area contributed by atoms with Gasteiger partial charge in [0.1, 0.15) is 5.82 Å². The van der Waals surface area contributed by atoms with E-state index in [1.807, 2.05) is 0 Å². The first-order chi connectivity index (χ1) is 15.6. The van der Waals surface area contributed by atoms with Crippen molar-refractivity contribution in [3.63, 3.8) is 0 Å². The molecule has 3 atom stereocenters. The number of nitrogens with zero attached hydrogens (tertiary/aromatic N) is 5. The summed E-state index contributed by atoms with van der Waals surface area (Å²) in [6.45, 7) is 1.43. The normalized spacial score (nSPS) is 26.2. The first-order valence-electron chi connectivity index (χ1n) is 12.0. The molecule has 5 rings (SSSR count). The molecule has 0 aromatic carbocycles. The number of aromatic nitrogens is 4. The molecular weight excluding hydrogens is 408 g/mol. The fourth-order valence-corrected chi connectivity index (χ4v) is 5.10. The van der Waals surface area contributed by atoms with Gasteiger partial charge in [-0.2, -0.15) is 5.10 Å². The smallest absolute Gasteiger partial charge is 0.293 e. The number of aliphatic hydroxyl groups is 1. The molecule has 9 heteroatoms. The molecule has 32 heavy (non-hydrogen) atoms. The Labute approximate surface area is 187 Å². The lowest BCUT2D eigenvalue weighted by Gasteiger charge is -2.37. The highest BCUT2D eigenvalue weighted by molar-refractivity contribution is 5.40. The van der Waals surface area contributed by atoms with E-state index in [-0.39, 0.29) is 23.2 Å². The second-order valence-corrected chi connectivity index (χ2v) is 9.34. The highest BCUT2D eigenvalue weighted by atomic mass is 16.3. The van der Waals surface area contributed by atoms with E-state index in [0.29, 0.717) is 24.8 Å². The minimum Gasteiger partial charge on any atom is -0.391 e. The Morgan fingerprint density at radius 1 is 1.03 bits per heavy atom. The van der Waals surface area contributed by atoms with Gasteiger partial charge in [0.2, 0.25) is 0 Å². The van der Waals surface area contributed by atoms with Crippen molar-refractivity contribution < 1.29 is 5.11 Å². The molecule has 2 saturated carbocycles. The van der Waals surface area contributed by atoms with E-state index in [1.54, 1.807) is 29.1 Å². The van der Waals surface area contributed by atoms with Crippen molar-refractivity contribution in [2.45, 2.75) is 82.0 Å². The highest BCUT2D eigenvalue weighted by Gasteiger charge is 2.29. The van der Waals surface area contributed by atoms with Crippen LogP contribution in [0.4, 0.5) is 11.6 Å². The minimum absolute atomic E-state index is 0.0599. The topological polar surface area (TPSA) is 105 Å². The molecule has 2 N–H and O–H groups in total. The zero-order chi connectivity index (χ0) is 22.1. The summed E-state index contributed by atoms with van der Waals surface area (Å²) in [7, 11) is 0. The van der Waals surface area contributed by atoms with Gasteiger partial charge in [0.25, 0.3) is 11.1 Å². The summed E-state index contributed by atoms with van der Waals surface area (Å²) in [5.74, 6) is 1.15. The second-order valence-electron chi connectivity index (χ2n) is 9.34. The molecule has 3 unspecified atom stereocenters. The van der Waals surface area contributed by atoms with Crippen LogP contribution in [0.25, 0.3) is 0 Å². The van der Waals surface area contributed by atoms with Gasteiger partial charge >= 0.3 is 0 Å². The molecule has 1 saturated heterocycles. The van der Waals surface area contributed by atoms with Gasteiger partial charge in [-0.15, -0.1) is 0 Å². The third-order valence-corrected chi connectivity index (χ3v) is 7.05. The Balaban J connectivity index is 1.35. The average molecular weight is 441 g/mol. The lowest BCUT2D eigenvalue weighted by Crippen LogP contribution is -2.46. The molecule has 2 aromatic rings. The predicted octanol–water partition coefficient (Wildman–Crippen LogP) is 2.08. The summed E-state index contributed by atoms with van der Waals surface area (Å²) in [5.41, 5.74) is -0.226. The number of hydrogen-bond donors (Lipinski definition) is 2. The molecule has 172 valence electrons. The summed E-state index contributed by atoms with van der Waals surface area (Å²) >= 11 is 0. The van der Waals surface area contributed by atoms with Crippen LogP contribution in [0.2, 0.25) is 0 Å². The lowest BCUT2D eigenvalue weighted by molar-refractivity contribution is 0.0669. The molecule has 2 aliphatic carbocycles. The lowest BCUT2D eigenvalue weighted by atomic mass is 9.93. The number of rotatable bonds is 6. The third-order valence-electron chi connectivity index (χ3n) is 7.05. The maximum atomic E-state index is 12.7. The number of aliphatic hydroxyl groups excluding tert-OH is 1. The third kappa shape index (κ3) is 4.30. The van der Waals surface area contributed by atoms with E-state index in [4.69, 9.17) is 5.10 Å². The van der Waals surface area contributed by atoms with E-state index < -0.39 is 6.10 Å². The zero-order valence-electron chi connectivity index (χ0n) is 18.4. The van der Waals surface area contributed by atoms with Gasteiger partial charge in [-0.25, -0.2) is 9.67 Å². The largest absolute Gasteiger partial charge is 0.391 e. The molecule has 9 nitrogen and oxygen atoms in total. The molecule has 1 aliphatic heterocycles. The fourth-order valence-electron chi connectivity index (χ4n) is 5.10. The zero-order valence-corrected chi connectivity index (χ0v) is 18.4. The van der Waals surface area contributed by atoms with Crippen LogP contribution in [0.5, 0.6) is 0 Å². The minimum atomic E-state index is -0.527. The monoisotopic (exact) mass is 440 g/mol. The molecule has 3 aliphatic rings. The summed E-state index contributed by atoms with van der Waals surface area (Å²) < 4.78 is 3.27. The van der Waals surface area contributed by atoms with Crippen molar-refractivity contribution in [1.29, 1.82) is 0 Å². The van der Waals surface area contributed by atoms with E-state index in [0.717, 1.165) is 63.7 Å². The van der Waals surface area contributed by atoms with Crippen LogP contribution in [-0.4, -0.2) is 49.7 Å². The Hall–Kier alpha value is -2.68. The van der Waals surface area contributed by atoms with Crippen molar-refractivity contribution in [3.8, 4) is 0 Å². The van der Waals surface area contributed by atoms with Crippen LogP contribution in [0.3, 0.4) is 0 Å². The standard InChI is InChI=1S/C23H32N6O3/c30-19-7-2-1-6-18(19)29-21(31)11-10-20(26-29)27-13-4-3-5-17(27)15-25-22-23(32)28(14-12-24-22)16-8-9-16/h10-12,14,16-19,30H,1-9,13,15H2,(H,24,25). The maximum absolute atomic E-state index is 12.7. The van der Waals surface area contributed by atoms with Crippen LogP contribution in [0.15, 0.2) is 34.1 Å². The molecule has 0 amide bonds. The van der Waals surface area contributed by atoms with Crippen molar-refractivity contribution in [1.82, 2.24) is 19.3 Å². The van der Waals surface area contributed by atoms with Crippen molar-refractivity contribution >= 4 is 11.6 Å². The molecule has 0 radical (unpaired) electrons. The van der Waals surface area contributed by atoms with Gasteiger partial charge in [-0.3, -0.25) is 9.59 Å². The van der Waals surface area contributed by atoms with E-state index in [1.165, 1.54) is 4.68 Å². The van der Waals surface area contributed by atoms with Gasteiger partial charge < -0.3 is 19.9 Å². The van der Waals surface area contributed by atoms with E-state index in [2.05, 4.69) is 15.2 Å². The summed E-state index contributed by atoms with van der Waals surface area (Å²) in [6.07, 6.45) is 11.6. The summed E-state index contributed by atoms with van der Waals surface area (Å²) in [4.78, 5) is 31.7. The van der Waals surface area contributed by atoms with Crippen LogP contribution >= 0.6 is 0 Å². The summed E-state index contributed by atoms with van der Waals surface area (Å²) in [5, 5.41) is 18.4. The van der Waals surface area contributed by atoms with Crippen LogP contribution in [-0.2, 0) is 0 Å². The fraction of sp³-hybridized carbons (Fsp3) is 0.652. The first kappa shape index (κ1) is 21.2. The molecule has 2 aromatic heterocycles. The van der Waals surface area contributed by atoms with Crippen molar-refractivity contribution in [2.75, 3.05) is 23.3 Å². The quantitative estimate of drug-likeness (QED) is 0.708. The Morgan fingerprint density at radius 2 is 1.84 bits per heavy atom. The second kappa shape index (κ2) is 9.05. The Kier molecular flexibility index (Phi) is 5.99. The van der Waals surface area contributed by atoms with E-state index >= 15 is 0 Å². The molecular formula is C23H32N6O3. The number of piperidine rings is 1. The van der Waals surface area contributed by atoms with Crippen LogP contribution in [0, 0.1) is 0 Å². The number of anilines is 2. The maximum Gasteiger partial charge on any atom is 0.293 e. The molecule has 0 bridgehead atoms. The SMILES string of the molecule is O=c1c(NCC2CCCCN2c2ccc(=O)n(C3CCCCC3O)n2)nccn1C1CC1. The Bertz CT molecular complexity index is 1060. The van der Waals surface area contributed by atoms with Crippen molar-refractivity contribution in [3.05, 3.63) is 45.2 Å². The van der Waals surface area contributed by atoms with Crippen LogP contribution < -0.4 is 21.3 Å². The number of nitrogens with one attached hydrogen (secondary N) is 1. The predicted molar refractivity (Wildman–Crippen MR) is 122 cm³/mol. The van der Waals surface area contributed by atoms with Crippen molar-refractivity contribution in [2.24, 2.45) is 0 Å². The first-order valence-corrected chi connectivity index (χ1v) is 12.0. The summed E-state index contributed by atoms with van der Waals surface area (Å²) in [6, 6.07) is 3.56. The van der Waals surface area contributed by atoms with Gasteiger partial charge in [0.05, 0.1) is 12.1 Å². The van der Waals surface area contributed by atoms with Gasteiger partial charge in [0.15, 0.2) is 5.82 Å². The van der Waals surface area contributed by atoms with Gasteiger partial charge in [0, 0.05) is 43.6 Å². The Morgan fingerprint density at radius 3 is 2.66 bits per heavy atom. The number of hydrogen-bond acceptors (Lipinski definition) is 7. The van der Waals surface area contributed by atoms with E-state index in [9.17, 15) is 14.7 Å². The van der Waals surface area contributed by atoms with Gasteiger partial charge in [-0.05, 0) is 51.0 Å². The average Bonchev–Trinajstić information content (AvgIpc) is 3.65. The highest BCUT2D eigenvalue weighted by Crippen LogP contribution is 2.33. The molecule has 3 fully saturated rings.